The summed E-state index contributed by atoms with van der Waals surface area (Å²) in [5.74, 6) is -0.0991. The van der Waals surface area contributed by atoms with Crippen LogP contribution in [0.5, 0.6) is 0 Å². The lowest BCUT2D eigenvalue weighted by Gasteiger charge is -2.13. The molecular formula is C26H30N4O4. The third kappa shape index (κ3) is 5.09. The van der Waals surface area contributed by atoms with Gasteiger partial charge in [0.1, 0.15) is 23.3 Å². The van der Waals surface area contributed by atoms with Gasteiger partial charge in [-0.15, -0.1) is 0 Å². The van der Waals surface area contributed by atoms with E-state index in [0.717, 1.165) is 5.69 Å². The number of hydrogen-bond acceptors (Lipinski definition) is 5. The van der Waals surface area contributed by atoms with Crippen LogP contribution in [0.15, 0.2) is 39.9 Å². The second kappa shape index (κ2) is 10.5. The van der Waals surface area contributed by atoms with Crippen molar-refractivity contribution in [1.29, 1.82) is 5.26 Å². The van der Waals surface area contributed by atoms with Crippen LogP contribution in [-0.4, -0.2) is 25.3 Å². The molecule has 0 N–H and O–H groups in total. The summed E-state index contributed by atoms with van der Waals surface area (Å²) in [4.78, 5) is 50.5. The third-order valence-electron chi connectivity index (χ3n) is 6.19. The molecule has 0 aliphatic carbocycles. The molecule has 0 spiro atoms. The van der Waals surface area contributed by atoms with Crippen LogP contribution in [0.3, 0.4) is 0 Å². The van der Waals surface area contributed by atoms with Gasteiger partial charge in [-0.1, -0.05) is 13.0 Å². The van der Waals surface area contributed by atoms with E-state index in [1.54, 1.807) is 53.4 Å². The maximum atomic E-state index is 12.8. The summed E-state index contributed by atoms with van der Waals surface area (Å²) >= 11 is 0. The van der Waals surface area contributed by atoms with Crippen LogP contribution in [0.25, 0.3) is 10.9 Å². The molecule has 0 aliphatic rings. The van der Waals surface area contributed by atoms with Crippen LogP contribution in [-0.2, 0) is 42.6 Å². The number of aromatic nitrogens is 3. The van der Waals surface area contributed by atoms with Crippen molar-refractivity contribution >= 4 is 22.5 Å². The SMILES string of the molecule is CCn1c(=O)c2cc(CC(=O)CC(C)CC(=O)Cc3ccc(C#N)n3C)ccc2n(CC)c1=O. The van der Waals surface area contributed by atoms with Crippen molar-refractivity contribution in [1.82, 2.24) is 13.7 Å². The molecule has 0 saturated carbocycles. The summed E-state index contributed by atoms with van der Waals surface area (Å²) < 4.78 is 4.47. The first kappa shape index (κ1) is 24.9. The van der Waals surface area contributed by atoms with Gasteiger partial charge in [0.05, 0.1) is 10.9 Å². The standard InChI is InChI=1S/C26H30N4O4/c1-5-29-24-10-7-18(14-23(24)25(33)30(6-2)26(29)34)13-21(31)11-17(3)12-22(32)15-19-8-9-20(16-27)28(19)4/h7-10,14,17H,5-6,11-13,15H2,1-4H3. The summed E-state index contributed by atoms with van der Waals surface area (Å²) in [5, 5.41) is 9.47. The molecule has 0 radical (unpaired) electrons. The molecule has 1 aromatic carbocycles. The largest absolute Gasteiger partial charge is 0.339 e. The van der Waals surface area contributed by atoms with Crippen molar-refractivity contribution in [3.05, 3.63) is 68.1 Å². The zero-order valence-electron chi connectivity index (χ0n) is 20.1. The summed E-state index contributed by atoms with van der Waals surface area (Å²) in [5.41, 5.74) is 1.88. The van der Waals surface area contributed by atoms with E-state index < -0.39 is 0 Å². The molecule has 178 valence electrons. The lowest BCUT2D eigenvalue weighted by molar-refractivity contribution is -0.121. The van der Waals surface area contributed by atoms with Crippen molar-refractivity contribution in [2.75, 3.05) is 0 Å². The number of carbonyl (C=O) groups is 2. The number of carbonyl (C=O) groups excluding carboxylic acids is 2. The number of Topliss-reactive ketones (excluding diaryl/α,β-unsaturated/α-hetero) is 2. The Labute approximate surface area is 198 Å². The Morgan fingerprint density at radius 1 is 0.971 bits per heavy atom. The van der Waals surface area contributed by atoms with Crippen molar-refractivity contribution < 1.29 is 9.59 Å². The smallest absolute Gasteiger partial charge is 0.331 e. The van der Waals surface area contributed by atoms with Crippen molar-refractivity contribution in [2.45, 2.75) is 59.5 Å². The van der Waals surface area contributed by atoms with E-state index in [1.165, 1.54) is 4.57 Å². The van der Waals surface area contributed by atoms with Gasteiger partial charge in [0, 0.05) is 51.5 Å². The Morgan fingerprint density at radius 2 is 1.62 bits per heavy atom. The Balaban J connectivity index is 1.68. The quantitative estimate of drug-likeness (QED) is 0.460. The number of fused-ring (bicyclic) bond motifs is 1. The molecule has 8 nitrogen and oxygen atoms in total. The molecule has 2 heterocycles. The molecule has 1 atom stereocenters. The number of ketones is 2. The summed E-state index contributed by atoms with van der Waals surface area (Å²) in [6, 6.07) is 10.7. The van der Waals surface area contributed by atoms with Crippen LogP contribution >= 0.6 is 0 Å². The summed E-state index contributed by atoms with van der Waals surface area (Å²) in [6.07, 6.45) is 0.924. The monoisotopic (exact) mass is 462 g/mol. The first-order valence-corrected chi connectivity index (χ1v) is 11.5. The van der Waals surface area contributed by atoms with E-state index >= 15 is 0 Å². The van der Waals surface area contributed by atoms with E-state index in [4.69, 9.17) is 5.26 Å². The molecule has 2 aromatic heterocycles. The average molecular weight is 463 g/mol. The summed E-state index contributed by atoms with van der Waals surface area (Å²) in [6.45, 7) is 6.21. The van der Waals surface area contributed by atoms with Crippen LogP contribution in [0.2, 0.25) is 0 Å². The molecule has 8 heteroatoms. The lowest BCUT2D eigenvalue weighted by Crippen LogP contribution is -2.39. The molecule has 34 heavy (non-hydrogen) atoms. The first-order valence-electron chi connectivity index (χ1n) is 11.5. The average Bonchev–Trinajstić information content (AvgIpc) is 3.13. The molecule has 0 amide bonds. The molecule has 3 rings (SSSR count). The van der Waals surface area contributed by atoms with Crippen molar-refractivity contribution in [2.24, 2.45) is 13.0 Å². The topological polar surface area (TPSA) is 107 Å². The number of nitrogens with zero attached hydrogens (tertiary/aromatic N) is 4. The maximum Gasteiger partial charge on any atom is 0.331 e. The van der Waals surface area contributed by atoms with Crippen LogP contribution < -0.4 is 11.2 Å². The molecule has 0 saturated heterocycles. The minimum atomic E-state index is -0.347. The van der Waals surface area contributed by atoms with E-state index in [-0.39, 0.29) is 61.0 Å². The highest BCUT2D eigenvalue weighted by Gasteiger charge is 2.17. The van der Waals surface area contributed by atoms with Gasteiger partial charge in [0.25, 0.3) is 5.56 Å². The van der Waals surface area contributed by atoms with Crippen molar-refractivity contribution in [3.8, 4) is 6.07 Å². The molecule has 1 unspecified atom stereocenters. The van der Waals surface area contributed by atoms with Gasteiger partial charge in [-0.2, -0.15) is 5.26 Å². The fourth-order valence-corrected chi connectivity index (χ4v) is 4.43. The fourth-order valence-electron chi connectivity index (χ4n) is 4.43. The number of nitriles is 1. The maximum absolute atomic E-state index is 12.8. The van der Waals surface area contributed by atoms with Crippen LogP contribution in [0, 0.1) is 17.2 Å². The predicted octanol–water partition coefficient (Wildman–Crippen LogP) is 2.75. The van der Waals surface area contributed by atoms with E-state index in [9.17, 15) is 19.2 Å². The Bertz CT molecular complexity index is 1400. The second-order valence-electron chi connectivity index (χ2n) is 8.75. The first-order chi connectivity index (χ1) is 16.2. The molecular weight excluding hydrogens is 432 g/mol. The minimum Gasteiger partial charge on any atom is -0.339 e. The highest BCUT2D eigenvalue weighted by Crippen LogP contribution is 2.17. The van der Waals surface area contributed by atoms with E-state index in [1.807, 2.05) is 13.8 Å². The normalized spacial score (nSPS) is 12.0. The van der Waals surface area contributed by atoms with Crippen molar-refractivity contribution in [3.63, 3.8) is 0 Å². The van der Waals surface area contributed by atoms with Gasteiger partial charge in [0.2, 0.25) is 0 Å². The van der Waals surface area contributed by atoms with Gasteiger partial charge in [-0.25, -0.2) is 4.79 Å². The molecule has 0 aliphatic heterocycles. The van der Waals surface area contributed by atoms with Gasteiger partial charge in [-0.05, 0) is 49.6 Å². The molecule has 3 aromatic rings. The molecule has 0 fully saturated rings. The van der Waals surface area contributed by atoms with E-state index in [2.05, 4.69) is 6.07 Å². The molecule has 0 bridgehead atoms. The Hall–Kier alpha value is -3.73. The van der Waals surface area contributed by atoms with E-state index in [0.29, 0.717) is 28.7 Å². The number of aryl methyl sites for hydroxylation is 1. The lowest BCUT2D eigenvalue weighted by atomic mass is 9.94. The number of benzene rings is 1. The Kier molecular flexibility index (Phi) is 7.67. The minimum absolute atomic E-state index is 0.00934. The number of hydrogen-bond donors (Lipinski definition) is 0. The number of rotatable bonds is 10. The second-order valence-corrected chi connectivity index (χ2v) is 8.75. The van der Waals surface area contributed by atoms with Gasteiger partial charge in [0.15, 0.2) is 0 Å². The highest BCUT2D eigenvalue weighted by atomic mass is 16.2. The van der Waals surface area contributed by atoms with Crippen LogP contribution in [0.4, 0.5) is 0 Å². The fraction of sp³-hybridized carbons (Fsp3) is 0.423. The Morgan fingerprint density at radius 3 is 2.21 bits per heavy atom. The third-order valence-corrected chi connectivity index (χ3v) is 6.19. The van der Waals surface area contributed by atoms with Crippen LogP contribution in [0.1, 0.15) is 50.6 Å². The van der Waals surface area contributed by atoms with Gasteiger partial charge in [-0.3, -0.25) is 23.5 Å². The van der Waals surface area contributed by atoms with Gasteiger partial charge >= 0.3 is 5.69 Å². The summed E-state index contributed by atoms with van der Waals surface area (Å²) in [7, 11) is 1.76. The zero-order chi connectivity index (χ0) is 25.0. The predicted molar refractivity (Wildman–Crippen MR) is 130 cm³/mol. The zero-order valence-corrected chi connectivity index (χ0v) is 20.1. The van der Waals surface area contributed by atoms with Gasteiger partial charge < -0.3 is 4.57 Å². The highest BCUT2D eigenvalue weighted by molar-refractivity contribution is 5.85.